The molecule has 7 nitrogen and oxygen atoms in total. The summed E-state index contributed by atoms with van der Waals surface area (Å²) < 4.78 is 32.8. The third-order valence-corrected chi connectivity index (χ3v) is 4.96. The van der Waals surface area contributed by atoms with Gasteiger partial charge >= 0.3 is 0 Å². The molecule has 29 heavy (non-hydrogen) atoms. The maximum atomic E-state index is 14.1. The lowest BCUT2D eigenvalue weighted by Crippen LogP contribution is -2.21. The van der Waals surface area contributed by atoms with Gasteiger partial charge in [-0.25, -0.2) is 9.37 Å². The summed E-state index contributed by atoms with van der Waals surface area (Å²) in [5.74, 6) is 1.09. The fourth-order valence-electron chi connectivity index (χ4n) is 3.49. The summed E-state index contributed by atoms with van der Waals surface area (Å²) in [6.45, 7) is 0.720. The smallest absolute Gasteiger partial charge is 0.278 e. The molecule has 0 spiro atoms. The summed E-state index contributed by atoms with van der Waals surface area (Å²) in [5, 5.41) is 4.07. The van der Waals surface area contributed by atoms with Gasteiger partial charge in [0, 0.05) is 5.56 Å². The second-order valence-corrected chi connectivity index (χ2v) is 6.64. The van der Waals surface area contributed by atoms with Gasteiger partial charge in [0.2, 0.25) is 5.82 Å². The van der Waals surface area contributed by atoms with E-state index in [2.05, 4.69) is 15.1 Å². The third-order valence-electron chi connectivity index (χ3n) is 4.96. The number of imidazole rings is 1. The second kappa shape index (κ2) is 7.14. The Morgan fingerprint density at radius 2 is 1.97 bits per heavy atom. The number of fused-ring (bicyclic) bond motifs is 1. The Bertz CT molecular complexity index is 1170. The minimum Gasteiger partial charge on any atom is -0.496 e. The van der Waals surface area contributed by atoms with Gasteiger partial charge in [0.05, 0.1) is 37.8 Å². The molecule has 5 rings (SSSR count). The molecule has 0 saturated carbocycles. The van der Waals surface area contributed by atoms with Crippen LogP contribution in [0.2, 0.25) is 0 Å². The lowest BCUT2D eigenvalue weighted by molar-refractivity contribution is 0.00126. The van der Waals surface area contributed by atoms with Gasteiger partial charge in [0.15, 0.2) is 5.69 Å². The maximum absolute atomic E-state index is 14.1. The third kappa shape index (κ3) is 3.07. The van der Waals surface area contributed by atoms with Crippen molar-refractivity contribution in [2.75, 3.05) is 7.11 Å². The number of halogens is 1. The summed E-state index contributed by atoms with van der Waals surface area (Å²) in [7, 11) is 1.59. The van der Waals surface area contributed by atoms with Crippen molar-refractivity contribution < 1.29 is 18.4 Å². The van der Waals surface area contributed by atoms with E-state index in [-0.39, 0.29) is 18.5 Å². The van der Waals surface area contributed by atoms with Crippen molar-refractivity contribution in [3.8, 4) is 28.7 Å². The first-order chi connectivity index (χ1) is 14.2. The molecule has 0 amide bonds. The number of methoxy groups -OCH3 is 1. The molecule has 0 radical (unpaired) electrons. The lowest BCUT2D eigenvalue weighted by Gasteiger charge is -2.25. The molecular weight excluding hydrogens is 375 g/mol. The molecule has 0 fully saturated rings. The van der Waals surface area contributed by atoms with Crippen LogP contribution >= 0.6 is 0 Å². The SMILES string of the molecule is COc1ccccc1-c1noc(-c2ncn3c2CO[C@H](c2ccccc2F)C3)n1. The summed E-state index contributed by atoms with van der Waals surface area (Å²) in [6.07, 6.45) is 1.31. The molecule has 1 aliphatic heterocycles. The summed E-state index contributed by atoms with van der Waals surface area (Å²) in [4.78, 5) is 8.91. The van der Waals surface area contributed by atoms with Crippen molar-refractivity contribution >= 4 is 0 Å². The predicted molar refractivity (Wildman–Crippen MR) is 101 cm³/mol. The average Bonchev–Trinajstić information content (AvgIpc) is 3.40. The zero-order chi connectivity index (χ0) is 19.8. The molecule has 3 heterocycles. The number of hydrogen-bond acceptors (Lipinski definition) is 6. The molecule has 0 N–H and O–H groups in total. The van der Waals surface area contributed by atoms with E-state index < -0.39 is 0 Å². The van der Waals surface area contributed by atoms with Gasteiger partial charge in [-0.05, 0) is 18.2 Å². The van der Waals surface area contributed by atoms with Crippen molar-refractivity contribution in [3.63, 3.8) is 0 Å². The highest BCUT2D eigenvalue weighted by molar-refractivity contribution is 5.65. The first-order valence-electron chi connectivity index (χ1n) is 9.12. The van der Waals surface area contributed by atoms with Crippen LogP contribution in [0, 0.1) is 5.82 Å². The predicted octanol–water partition coefficient (Wildman–Crippen LogP) is 4.02. The minimum atomic E-state index is -0.377. The highest BCUT2D eigenvalue weighted by atomic mass is 19.1. The molecule has 2 aromatic carbocycles. The Labute approximate surface area is 165 Å². The highest BCUT2D eigenvalue weighted by Crippen LogP contribution is 2.33. The quantitative estimate of drug-likeness (QED) is 0.522. The van der Waals surface area contributed by atoms with Crippen LogP contribution in [0.1, 0.15) is 17.4 Å². The molecule has 0 unspecified atom stereocenters. The van der Waals surface area contributed by atoms with Crippen molar-refractivity contribution in [1.82, 2.24) is 19.7 Å². The standard InChI is InChI=1S/C21H17FN4O3/c1-27-17-9-5-3-7-14(17)20-24-21(29-25-20)19-16-11-28-18(10-26(16)12-23-19)13-6-2-4-8-15(13)22/h2-9,12,18H,10-11H2,1H3/t18-/m0/s1. The van der Waals surface area contributed by atoms with E-state index in [1.807, 2.05) is 28.8 Å². The average molecular weight is 392 g/mol. The molecule has 1 atom stereocenters. The zero-order valence-corrected chi connectivity index (χ0v) is 15.6. The van der Waals surface area contributed by atoms with E-state index in [1.165, 1.54) is 6.07 Å². The Kier molecular flexibility index (Phi) is 4.33. The van der Waals surface area contributed by atoms with Crippen LogP contribution in [0.25, 0.3) is 23.0 Å². The molecule has 0 bridgehead atoms. The highest BCUT2D eigenvalue weighted by Gasteiger charge is 2.28. The van der Waals surface area contributed by atoms with Crippen LogP contribution in [-0.2, 0) is 17.9 Å². The Morgan fingerprint density at radius 1 is 1.14 bits per heavy atom. The number of nitrogens with zero attached hydrogens (tertiary/aromatic N) is 4. The summed E-state index contributed by atoms with van der Waals surface area (Å²) in [6, 6.07) is 14.1. The number of benzene rings is 2. The van der Waals surface area contributed by atoms with Crippen molar-refractivity contribution in [2.45, 2.75) is 19.3 Å². The number of aromatic nitrogens is 4. The van der Waals surface area contributed by atoms with E-state index in [9.17, 15) is 4.39 Å². The van der Waals surface area contributed by atoms with Gasteiger partial charge < -0.3 is 18.6 Å². The summed E-state index contributed by atoms with van der Waals surface area (Å²) in [5.41, 5.74) is 2.64. The van der Waals surface area contributed by atoms with E-state index in [1.54, 1.807) is 31.6 Å². The van der Waals surface area contributed by atoms with Crippen molar-refractivity contribution in [2.24, 2.45) is 0 Å². The fraction of sp³-hybridized carbons (Fsp3) is 0.190. The second-order valence-electron chi connectivity index (χ2n) is 6.64. The molecule has 4 aromatic rings. The van der Waals surface area contributed by atoms with Gasteiger partial charge in [-0.1, -0.05) is 35.5 Å². The first-order valence-corrected chi connectivity index (χ1v) is 9.12. The number of para-hydroxylation sites is 1. The van der Waals surface area contributed by atoms with Gasteiger partial charge in [-0.2, -0.15) is 4.98 Å². The maximum Gasteiger partial charge on any atom is 0.278 e. The number of rotatable bonds is 4. The van der Waals surface area contributed by atoms with Crippen LogP contribution in [-0.4, -0.2) is 26.8 Å². The van der Waals surface area contributed by atoms with Gasteiger partial charge in [-0.3, -0.25) is 0 Å². The Hall–Kier alpha value is -3.52. The monoisotopic (exact) mass is 392 g/mol. The minimum absolute atomic E-state index is 0.265. The van der Waals surface area contributed by atoms with Gasteiger partial charge in [0.1, 0.15) is 17.7 Å². The van der Waals surface area contributed by atoms with Crippen LogP contribution < -0.4 is 4.74 Å². The van der Waals surface area contributed by atoms with E-state index >= 15 is 0 Å². The van der Waals surface area contributed by atoms with E-state index in [4.69, 9.17) is 14.0 Å². The zero-order valence-electron chi connectivity index (χ0n) is 15.6. The number of hydrogen-bond donors (Lipinski definition) is 0. The Balaban J connectivity index is 1.44. The molecule has 1 aliphatic rings. The molecule has 2 aromatic heterocycles. The van der Waals surface area contributed by atoms with Gasteiger partial charge in [0.25, 0.3) is 5.89 Å². The van der Waals surface area contributed by atoms with Crippen LogP contribution in [0.5, 0.6) is 5.75 Å². The largest absolute Gasteiger partial charge is 0.496 e. The fourth-order valence-corrected chi connectivity index (χ4v) is 3.49. The van der Waals surface area contributed by atoms with E-state index in [0.717, 1.165) is 11.3 Å². The van der Waals surface area contributed by atoms with E-state index in [0.29, 0.717) is 35.3 Å². The van der Waals surface area contributed by atoms with Crippen LogP contribution in [0.4, 0.5) is 4.39 Å². The lowest BCUT2D eigenvalue weighted by atomic mass is 10.1. The van der Waals surface area contributed by atoms with Crippen molar-refractivity contribution in [3.05, 3.63) is 71.9 Å². The number of ether oxygens (including phenoxy) is 2. The molecule has 8 heteroatoms. The van der Waals surface area contributed by atoms with Gasteiger partial charge in [-0.15, -0.1) is 0 Å². The topological polar surface area (TPSA) is 75.2 Å². The Morgan fingerprint density at radius 3 is 2.83 bits per heavy atom. The normalized spacial score (nSPS) is 15.9. The molecular formula is C21H17FN4O3. The molecule has 0 aliphatic carbocycles. The molecule has 0 saturated heterocycles. The first kappa shape index (κ1) is 17.6. The van der Waals surface area contributed by atoms with Crippen molar-refractivity contribution in [1.29, 1.82) is 0 Å². The van der Waals surface area contributed by atoms with Crippen LogP contribution in [0.3, 0.4) is 0 Å². The van der Waals surface area contributed by atoms with Crippen LogP contribution in [0.15, 0.2) is 59.4 Å². The summed E-state index contributed by atoms with van der Waals surface area (Å²) >= 11 is 0. The molecule has 146 valence electrons.